The summed E-state index contributed by atoms with van der Waals surface area (Å²) in [5, 5.41) is 10.8. The summed E-state index contributed by atoms with van der Waals surface area (Å²) in [5.41, 5.74) is -0.474. The van der Waals surface area contributed by atoms with E-state index in [1.54, 1.807) is 6.92 Å². The van der Waals surface area contributed by atoms with Crippen LogP contribution in [0, 0.1) is 17.0 Å². The number of ether oxygens (including phenoxy) is 1. The second kappa shape index (κ2) is 7.71. The molecular formula is C10H10NNaO6S. The standard InChI is InChI=1S/C10H11NO6S.Na/c1-3-17-10(12)8-4-7(18(15)16)5-9(6(8)2)11(13)14;/h4-5H,3H2,1-2H3,(H,15,16);/q;+1/p-1. The third-order valence-electron chi connectivity index (χ3n) is 2.24. The molecule has 0 aliphatic carbocycles. The summed E-state index contributed by atoms with van der Waals surface area (Å²) in [7, 11) is 0. The summed E-state index contributed by atoms with van der Waals surface area (Å²) < 4.78 is 26.4. The normalized spacial score (nSPS) is 11.3. The molecule has 19 heavy (non-hydrogen) atoms. The summed E-state index contributed by atoms with van der Waals surface area (Å²) in [4.78, 5) is 21.3. The van der Waals surface area contributed by atoms with Crippen LogP contribution in [0.2, 0.25) is 0 Å². The minimum atomic E-state index is -2.66. The minimum Gasteiger partial charge on any atom is -0.768 e. The SMILES string of the molecule is CCOC(=O)c1cc(S(=O)[O-])cc([N+](=O)[O-])c1C.[Na+]. The molecule has 1 rings (SSSR count). The Kier molecular flexibility index (Phi) is 7.38. The fourth-order valence-corrected chi connectivity index (χ4v) is 1.80. The van der Waals surface area contributed by atoms with Crippen molar-refractivity contribution in [3.05, 3.63) is 33.4 Å². The maximum atomic E-state index is 11.6. The van der Waals surface area contributed by atoms with Gasteiger partial charge in [-0.3, -0.25) is 14.3 Å². The van der Waals surface area contributed by atoms with Gasteiger partial charge in [-0.15, -0.1) is 0 Å². The molecule has 1 aromatic rings. The van der Waals surface area contributed by atoms with Crippen molar-refractivity contribution < 1.29 is 52.8 Å². The van der Waals surface area contributed by atoms with Gasteiger partial charge in [-0.2, -0.15) is 0 Å². The van der Waals surface area contributed by atoms with E-state index in [9.17, 15) is 23.7 Å². The van der Waals surface area contributed by atoms with Crippen molar-refractivity contribution in [2.75, 3.05) is 6.61 Å². The molecule has 0 aromatic heterocycles. The first kappa shape index (κ1) is 18.2. The molecule has 1 atom stereocenters. The third-order valence-corrected chi connectivity index (χ3v) is 2.86. The molecular weight excluding hydrogens is 285 g/mol. The predicted octanol–water partition coefficient (Wildman–Crippen LogP) is -1.68. The summed E-state index contributed by atoms with van der Waals surface area (Å²) in [6, 6.07) is 1.96. The van der Waals surface area contributed by atoms with Crippen molar-refractivity contribution in [1.29, 1.82) is 0 Å². The molecule has 0 saturated carbocycles. The van der Waals surface area contributed by atoms with Gasteiger partial charge in [0.1, 0.15) is 0 Å². The number of carbonyl (C=O) groups excluding carboxylic acids is 1. The van der Waals surface area contributed by atoms with E-state index in [-0.39, 0.29) is 52.2 Å². The average molecular weight is 295 g/mol. The zero-order chi connectivity index (χ0) is 13.9. The number of esters is 1. The molecule has 0 saturated heterocycles. The molecule has 0 heterocycles. The van der Waals surface area contributed by atoms with Crippen LogP contribution in [-0.4, -0.2) is 26.3 Å². The molecule has 0 aliphatic heterocycles. The van der Waals surface area contributed by atoms with Gasteiger partial charge in [0.15, 0.2) is 0 Å². The van der Waals surface area contributed by atoms with Gasteiger partial charge in [-0.25, -0.2) is 4.79 Å². The molecule has 0 N–H and O–H groups in total. The van der Waals surface area contributed by atoms with Gasteiger partial charge < -0.3 is 9.29 Å². The molecule has 98 valence electrons. The van der Waals surface area contributed by atoms with Crippen LogP contribution >= 0.6 is 0 Å². The van der Waals surface area contributed by atoms with Crippen LogP contribution in [0.4, 0.5) is 5.69 Å². The van der Waals surface area contributed by atoms with Crippen LogP contribution < -0.4 is 29.6 Å². The van der Waals surface area contributed by atoms with Crippen molar-refractivity contribution >= 4 is 22.7 Å². The van der Waals surface area contributed by atoms with Crippen LogP contribution in [0.1, 0.15) is 22.8 Å². The first-order valence-electron chi connectivity index (χ1n) is 4.93. The van der Waals surface area contributed by atoms with E-state index in [0.29, 0.717) is 0 Å². The van der Waals surface area contributed by atoms with Gasteiger partial charge in [-0.1, -0.05) is 0 Å². The van der Waals surface area contributed by atoms with Gasteiger partial charge in [0, 0.05) is 16.5 Å². The van der Waals surface area contributed by atoms with Crippen LogP contribution in [0.3, 0.4) is 0 Å². The Hall–Kier alpha value is -0.800. The Morgan fingerprint density at radius 3 is 2.47 bits per heavy atom. The summed E-state index contributed by atoms with van der Waals surface area (Å²) in [6.45, 7) is 3.04. The predicted molar refractivity (Wildman–Crippen MR) is 61.0 cm³/mol. The van der Waals surface area contributed by atoms with Gasteiger partial charge in [-0.05, 0) is 31.0 Å². The number of hydrogen-bond donors (Lipinski definition) is 0. The fraction of sp³-hybridized carbons (Fsp3) is 0.300. The van der Waals surface area contributed by atoms with E-state index >= 15 is 0 Å². The molecule has 0 radical (unpaired) electrons. The van der Waals surface area contributed by atoms with Crippen LogP contribution in [0.5, 0.6) is 0 Å². The number of carbonyl (C=O) groups is 1. The molecule has 1 unspecified atom stereocenters. The van der Waals surface area contributed by atoms with Crippen molar-refractivity contribution in [3.8, 4) is 0 Å². The van der Waals surface area contributed by atoms with E-state index < -0.39 is 27.7 Å². The topological polar surface area (TPSA) is 110 Å². The van der Waals surface area contributed by atoms with E-state index in [1.807, 2.05) is 0 Å². The van der Waals surface area contributed by atoms with E-state index in [0.717, 1.165) is 12.1 Å². The Balaban J connectivity index is 0.00000324. The van der Waals surface area contributed by atoms with Gasteiger partial charge >= 0.3 is 35.5 Å². The molecule has 0 aliphatic rings. The minimum absolute atomic E-state index is 0. The Morgan fingerprint density at radius 2 is 2.05 bits per heavy atom. The number of nitro benzene ring substituents is 1. The smallest absolute Gasteiger partial charge is 0.768 e. The van der Waals surface area contributed by atoms with Crippen LogP contribution in [0.25, 0.3) is 0 Å². The Labute approximate surface area is 134 Å². The monoisotopic (exact) mass is 295 g/mol. The largest absolute Gasteiger partial charge is 1.00 e. The average Bonchev–Trinajstić information content (AvgIpc) is 2.28. The van der Waals surface area contributed by atoms with Crippen molar-refractivity contribution in [1.82, 2.24) is 0 Å². The Bertz CT molecular complexity index is 533. The number of nitrogens with zero attached hydrogens (tertiary/aromatic N) is 1. The van der Waals surface area contributed by atoms with E-state index in [1.165, 1.54) is 6.92 Å². The van der Waals surface area contributed by atoms with Crippen LogP contribution in [0.15, 0.2) is 17.0 Å². The quantitative estimate of drug-likeness (QED) is 0.216. The van der Waals surface area contributed by atoms with E-state index in [4.69, 9.17) is 4.74 Å². The number of nitro groups is 1. The van der Waals surface area contributed by atoms with Crippen LogP contribution in [-0.2, 0) is 15.8 Å². The number of rotatable bonds is 4. The first-order valence-corrected chi connectivity index (χ1v) is 6.01. The first-order chi connectivity index (χ1) is 8.38. The summed E-state index contributed by atoms with van der Waals surface area (Å²) >= 11 is -2.66. The van der Waals surface area contributed by atoms with Crippen molar-refractivity contribution in [2.45, 2.75) is 18.7 Å². The van der Waals surface area contributed by atoms with Gasteiger partial charge in [0.2, 0.25) is 0 Å². The van der Waals surface area contributed by atoms with Gasteiger partial charge in [0.25, 0.3) is 5.69 Å². The second-order valence-electron chi connectivity index (χ2n) is 3.33. The molecule has 1 aromatic carbocycles. The van der Waals surface area contributed by atoms with Gasteiger partial charge in [0.05, 0.1) is 17.1 Å². The second-order valence-corrected chi connectivity index (χ2v) is 4.27. The fourth-order valence-electron chi connectivity index (χ4n) is 1.38. The molecule has 7 nitrogen and oxygen atoms in total. The van der Waals surface area contributed by atoms with E-state index in [2.05, 4.69) is 0 Å². The molecule has 0 bridgehead atoms. The zero-order valence-electron chi connectivity index (χ0n) is 10.7. The third kappa shape index (κ3) is 4.36. The maximum absolute atomic E-state index is 11.6. The molecule has 0 fully saturated rings. The number of hydrogen-bond acceptors (Lipinski definition) is 6. The number of benzene rings is 1. The summed E-state index contributed by atoms with van der Waals surface area (Å²) in [5.74, 6) is -0.787. The Morgan fingerprint density at radius 1 is 1.47 bits per heavy atom. The molecule has 0 amide bonds. The van der Waals surface area contributed by atoms with Crippen molar-refractivity contribution in [2.24, 2.45) is 0 Å². The van der Waals surface area contributed by atoms with Crippen molar-refractivity contribution in [3.63, 3.8) is 0 Å². The zero-order valence-corrected chi connectivity index (χ0v) is 13.5. The maximum Gasteiger partial charge on any atom is 1.00 e. The molecule has 0 spiro atoms. The molecule has 9 heteroatoms. The summed E-state index contributed by atoms with van der Waals surface area (Å²) in [6.07, 6.45) is 0.